The molecule has 182 valence electrons. The lowest BCUT2D eigenvalue weighted by atomic mass is 9.82. The van der Waals surface area contributed by atoms with E-state index in [4.69, 9.17) is 4.74 Å². The molecule has 5 rings (SSSR count). The van der Waals surface area contributed by atoms with Crippen LogP contribution in [0, 0.1) is 5.92 Å². The summed E-state index contributed by atoms with van der Waals surface area (Å²) in [4.78, 5) is 35.3. The smallest absolute Gasteiger partial charge is 0.339 e. The molecule has 2 aromatic rings. The van der Waals surface area contributed by atoms with Gasteiger partial charge in [-0.25, -0.2) is 9.59 Å². The summed E-state index contributed by atoms with van der Waals surface area (Å²) in [5, 5.41) is 11.1. The first kappa shape index (κ1) is 22.9. The first-order valence-electron chi connectivity index (χ1n) is 12.3. The third-order valence-corrected chi connectivity index (χ3v) is 7.39. The number of urea groups is 1. The van der Waals surface area contributed by atoms with Crippen molar-refractivity contribution in [2.45, 2.75) is 32.1 Å². The van der Waals surface area contributed by atoms with E-state index in [1.165, 1.54) is 0 Å². The summed E-state index contributed by atoms with van der Waals surface area (Å²) in [5.74, 6) is -0.609. The van der Waals surface area contributed by atoms with Gasteiger partial charge < -0.3 is 19.7 Å². The minimum absolute atomic E-state index is 0.104. The molecule has 4 heterocycles. The van der Waals surface area contributed by atoms with Crippen LogP contribution in [-0.2, 0) is 14.9 Å². The zero-order chi connectivity index (χ0) is 23.9. The van der Waals surface area contributed by atoms with Crippen LogP contribution in [0.15, 0.2) is 30.5 Å². The predicted octanol–water partition coefficient (Wildman–Crippen LogP) is 3.35. The van der Waals surface area contributed by atoms with Crippen LogP contribution in [0.5, 0.6) is 0 Å². The number of carbonyl (C=O) groups is 2. The molecule has 3 aliphatic rings. The predicted molar refractivity (Wildman–Crippen MR) is 131 cm³/mol. The topological polar surface area (TPSA) is 89.1 Å². The van der Waals surface area contributed by atoms with Crippen molar-refractivity contribution in [1.82, 2.24) is 19.7 Å². The fourth-order valence-electron chi connectivity index (χ4n) is 5.82. The van der Waals surface area contributed by atoms with E-state index >= 15 is 0 Å². The number of carboxylic acids is 1. The monoisotopic (exact) mass is 466 g/mol. The second kappa shape index (κ2) is 9.07. The molecule has 0 radical (unpaired) electrons. The van der Waals surface area contributed by atoms with Crippen LogP contribution in [0.4, 0.5) is 4.79 Å². The van der Waals surface area contributed by atoms with E-state index < -0.39 is 11.4 Å². The average Bonchev–Trinajstić information content (AvgIpc) is 3.16. The van der Waals surface area contributed by atoms with E-state index in [1.807, 2.05) is 29.2 Å². The second-order valence-electron chi connectivity index (χ2n) is 10.4. The van der Waals surface area contributed by atoms with Gasteiger partial charge in [-0.2, -0.15) is 0 Å². The molecule has 8 heteroatoms. The molecule has 2 saturated heterocycles. The summed E-state index contributed by atoms with van der Waals surface area (Å²) >= 11 is 0. The highest BCUT2D eigenvalue weighted by Gasteiger charge is 2.38. The third kappa shape index (κ3) is 4.32. The quantitative estimate of drug-likeness (QED) is 0.724. The maximum atomic E-state index is 13.7. The highest BCUT2D eigenvalue weighted by molar-refractivity contribution is 6.17. The molecule has 2 N–H and O–H groups in total. The van der Waals surface area contributed by atoms with Crippen LogP contribution in [-0.4, -0.2) is 89.3 Å². The number of nitrogens with one attached hydrogen (secondary N) is 1. The summed E-state index contributed by atoms with van der Waals surface area (Å²) in [6.07, 6.45) is 3.62. The van der Waals surface area contributed by atoms with E-state index in [1.54, 1.807) is 11.1 Å². The number of likely N-dealkylation sites (tertiary alicyclic amines) is 1. The number of piperidine rings is 1. The number of hydrogen-bond acceptors (Lipinski definition) is 4. The van der Waals surface area contributed by atoms with Gasteiger partial charge in [0.05, 0.1) is 24.5 Å². The van der Waals surface area contributed by atoms with E-state index in [0.717, 1.165) is 62.2 Å². The molecule has 2 fully saturated rings. The number of ether oxygens (including phenoxy) is 1. The standard InChI is InChI=1S/C26H34N4O4/c1-26(2)17-30(16-20(24(31)32)23-22(26)19-7-3-4-8-21(19)27-23)25(33)29-9-5-6-18(15-29)14-28-10-12-34-13-11-28/h3-4,7-8,16,18,27H,5-6,9-15,17H2,1-2H3,(H,31,32)/t18-/m0/s1. The van der Waals surface area contributed by atoms with Crippen LogP contribution in [0.2, 0.25) is 0 Å². The Morgan fingerprint density at radius 2 is 1.94 bits per heavy atom. The molecule has 1 atom stereocenters. The number of morpholine rings is 1. The zero-order valence-electron chi connectivity index (χ0n) is 20.0. The van der Waals surface area contributed by atoms with Gasteiger partial charge in [-0.05, 0) is 30.4 Å². The van der Waals surface area contributed by atoms with Crippen molar-refractivity contribution in [3.05, 3.63) is 41.7 Å². The SMILES string of the molecule is CC1(C)CN(C(=O)N2CCC[C@@H](CN3CCOCC3)C2)C=C(C(=O)O)c2[nH]c3ccccc3c21. The Labute approximate surface area is 200 Å². The second-order valence-corrected chi connectivity index (χ2v) is 10.4. The largest absolute Gasteiger partial charge is 0.478 e. The van der Waals surface area contributed by atoms with Gasteiger partial charge in [0.25, 0.3) is 0 Å². The van der Waals surface area contributed by atoms with E-state index in [0.29, 0.717) is 31.2 Å². The van der Waals surface area contributed by atoms with Crippen molar-refractivity contribution < 1.29 is 19.4 Å². The number of aromatic nitrogens is 1. The van der Waals surface area contributed by atoms with Crippen molar-refractivity contribution in [3.63, 3.8) is 0 Å². The normalized spacial score (nSPS) is 23.4. The van der Waals surface area contributed by atoms with Gasteiger partial charge in [-0.15, -0.1) is 0 Å². The van der Waals surface area contributed by atoms with Crippen LogP contribution in [0.1, 0.15) is 37.9 Å². The van der Waals surface area contributed by atoms with Crippen molar-refractivity contribution in [1.29, 1.82) is 0 Å². The fraction of sp³-hybridized carbons (Fsp3) is 0.538. The molecule has 0 bridgehead atoms. The van der Waals surface area contributed by atoms with Gasteiger partial charge in [0, 0.05) is 61.8 Å². The molecular formula is C26H34N4O4. The summed E-state index contributed by atoms with van der Waals surface area (Å²) < 4.78 is 5.47. The number of amides is 2. The van der Waals surface area contributed by atoms with Gasteiger partial charge in [0.1, 0.15) is 0 Å². The molecule has 8 nitrogen and oxygen atoms in total. The highest BCUT2D eigenvalue weighted by atomic mass is 16.5. The maximum absolute atomic E-state index is 13.7. The van der Waals surface area contributed by atoms with Crippen molar-refractivity contribution in [2.75, 3.05) is 52.5 Å². The Hall–Kier alpha value is -2.84. The number of para-hydroxylation sites is 1. The van der Waals surface area contributed by atoms with Crippen LogP contribution < -0.4 is 0 Å². The number of rotatable bonds is 3. The lowest BCUT2D eigenvalue weighted by Crippen LogP contribution is -2.50. The Bertz CT molecular complexity index is 1120. The molecule has 1 aromatic carbocycles. The molecule has 1 aromatic heterocycles. The molecule has 0 unspecified atom stereocenters. The van der Waals surface area contributed by atoms with E-state index in [2.05, 4.69) is 23.7 Å². The van der Waals surface area contributed by atoms with Crippen molar-refractivity contribution in [2.24, 2.45) is 5.92 Å². The lowest BCUT2D eigenvalue weighted by Gasteiger charge is -2.39. The summed E-state index contributed by atoms with van der Waals surface area (Å²) in [7, 11) is 0. The molecule has 3 aliphatic heterocycles. The van der Waals surface area contributed by atoms with Gasteiger partial charge in [-0.1, -0.05) is 32.0 Å². The zero-order valence-corrected chi connectivity index (χ0v) is 20.0. The van der Waals surface area contributed by atoms with Gasteiger partial charge in [0.15, 0.2) is 0 Å². The lowest BCUT2D eigenvalue weighted by molar-refractivity contribution is -0.130. The summed E-state index contributed by atoms with van der Waals surface area (Å²) in [5.41, 5.74) is 2.16. The molecule has 2 amide bonds. The Morgan fingerprint density at radius 3 is 2.71 bits per heavy atom. The van der Waals surface area contributed by atoms with Crippen LogP contribution >= 0.6 is 0 Å². The number of nitrogens with zero attached hydrogens (tertiary/aromatic N) is 3. The summed E-state index contributed by atoms with van der Waals surface area (Å²) in [6.45, 7) is 10.4. The summed E-state index contributed by atoms with van der Waals surface area (Å²) in [6, 6.07) is 7.78. The number of aliphatic carboxylic acids is 1. The minimum Gasteiger partial charge on any atom is -0.478 e. The van der Waals surface area contributed by atoms with E-state index in [9.17, 15) is 14.7 Å². The number of aromatic amines is 1. The van der Waals surface area contributed by atoms with Crippen LogP contribution in [0.3, 0.4) is 0 Å². The molecule has 0 saturated carbocycles. The molecule has 34 heavy (non-hydrogen) atoms. The van der Waals surface area contributed by atoms with Crippen molar-refractivity contribution >= 4 is 28.5 Å². The number of hydrogen-bond donors (Lipinski definition) is 2. The molecule has 0 spiro atoms. The van der Waals surface area contributed by atoms with Gasteiger partial charge >= 0.3 is 12.0 Å². The molecule has 0 aliphatic carbocycles. The van der Waals surface area contributed by atoms with Gasteiger partial charge in [0.2, 0.25) is 0 Å². The number of fused-ring (bicyclic) bond motifs is 3. The first-order chi connectivity index (χ1) is 16.3. The first-order valence-corrected chi connectivity index (χ1v) is 12.3. The number of H-pyrrole nitrogens is 1. The number of benzene rings is 1. The highest BCUT2D eigenvalue weighted by Crippen LogP contribution is 2.40. The molecular weight excluding hydrogens is 432 g/mol. The minimum atomic E-state index is -1.04. The Balaban J connectivity index is 1.41. The number of carboxylic acid groups (broad SMARTS) is 1. The van der Waals surface area contributed by atoms with Gasteiger partial charge in [-0.3, -0.25) is 9.80 Å². The van der Waals surface area contributed by atoms with Crippen LogP contribution in [0.25, 0.3) is 16.5 Å². The fourth-order valence-corrected chi connectivity index (χ4v) is 5.82. The van der Waals surface area contributed by atoms with Crippen molar-refractivity contribution in [3.8, 4) is 0 Å². The number of carbonyl (C=O) groups excluding carboxylic acids is 1. The average molecular weight is 467 g/mol. The third-order valence-electron chi connectivity index (χ3n) is 7.39. The van der Waals surface area contributed by atoms with E-state index in [-0.39, 0.29) is 11.6 Å². The Morgan fingerprint density at radius 1 is 1.18 bits per heavy atom. The maximum Gasteiger partial charge on any atom is 0.339 e. The Kier molecular flexibility index (Phi) is 6.12.